The second-order valence-electron chi connectivity index (χ2n) is 7.28. The zero-order valence-corrected chi connectivity index (χ0v) is 16.8. The van der Waals surface area contributed by atoms with Crippen molar-refractivity contribution in [2.75, 3.05) is 47.4 Å². The van der Waals surface area contributed by atoms with Gasteiger partial charge in [-0.3, -0.25) is 4.99 Å². The number of aryl methyl sites for hydroxylation is 1. The van der Waals surface area contributed by atoms with E-state index in [1.807, 2.05) is 12.1 Å². The van der Waals surface area contributed by atoms with E-state index in [-0.39, 0.29) is 11.6 Å². The summed E-state index contributed by atoms with van der Waals surface area (Å²) in [5.74, 6) is 1.70. The molecule has 0 spiro atoms. The fourth-order valence-electron chi connectivity index (χ4n) is 3.21. The van der Waals surface area contributed by atoms with Crippen molar-refractivity contribution in [3.05, 3.63) is 29.8 Å². The molecule has 1 unspecified atom stereocenters. The molecule has 146 valence electrons. The van der Waals surface area contributed by atoms with Gasteiger partial charge in [-0.05, 0) is 58.5 Å². The molecule has 0 aromatic heterocycles. The van der Waals surface area contributed by atoms with Crippen LogP contribution in [0, 0.1) is 6.92 Å². The van der Waals surface area contributed by atoms with Crippen molar-refractivity contribution in [2.45, 2.75) is 38.3 Å². The van der Waals surface area contributed by atoms with Gasteiger partial charge in [0.2, 0.25) is 0 Å². The molecule has 0 bridgehead atoms. The van der Waals surface area contributed by atoms with Crippen molar-refractivity contribution < 1.29 is 9.47 Å². The van der Waals surface area contributed by atoms with E-state index >= 15 is 0 Å². The molecule has 2 N–H and O–H groups in total. The molecule has 1 fully saturated rings. The Kier molecular flexibility index (Phi) is 7.72. The maximum Gasteiger partial charge on any atom is 0.191 e. The van der Waals surface area contributed by atoms with Crippen molar-refractivity contribution in [1.29, 1.82) is 0 Å². The smallest absolute Gasteiger partial charge is 0.191 e. The van der Waals surface area contributed by atoms with Gasteiger partial charge in [-0.1, -0.05) is 12.1 Å². The van der Waals surface area contributed by atoms with Gasteiger partial charge in [0.15, 0.2) is 5.96 Å². The number of ether oxygens (including phenoxy) is 2. The maximum absolute atomic E-state index is 5.97. The van der Waals surface area contributed by atoms with E-state index in [0.29, 0.717) is 6.54 Å². The first-order valence-corrected chi connectivity index (χ1v) is 9.38. The van der Waals surface area contributed by atoms with Crippen LogP contribution < -0.4 is 15.4 Å². The molecule has 1 atom stereocenters. The normalized spacial score (nSPS) is 18.5. The Bertz CT molecular complexity index is 583. The molecule has 0 aliphatic carbocycles. The first-order chi connectivity index (χ1) is 12.4. The minimum absolute atomic E-state index is 0.0428. The van der Waals surface area contributed by atoms with Crippen LogP contribution in [0.5, 0.6) is 5.75 Å². The van der Waals surface area contributed by atoms with Gasteiger partial charge in [0.05, 0.1) is 6.54 Å². The third kappa shape index (κ3) is 5.88. The second kappa shape index (κ2) is 9.78. The van der Waals surface area contributed by atoms with E-state index in [9.17, 15) is 0 Å². The lowest BCUT2D eigenvalue weighted by Crippen LogP contribution is -2.57. The van der Waals surface area contributed by atoms with Gasteiger partial charge in [0.1, 0.15) is 11.9 Å². The Hall–Kier alpha value is -1.79. The number of nitrogens with one attached hydrogen (secondary N) is 2. The number of guanidine groups is 1. The number of hydrogen-bond acceptors (Lipinski definition) is 4. The highest BCUT2D eigenvalue weighted by Gasteiger charge is 2.34. The average Bonchev–Trinajstić information content (AvgIpc) is 2.62. The first-order valence-electron chi connectivity index (χ1n) is 9.38. The van der Waals surface area contributed by atoms with Crippen molar-refractivity contribution >= 4 is 5.96 Å². The summed E-state index contributed by atoms with van der Waals surface area (Å²) in [5.41, 5.74) is 1.31. The van der Waals surface area contributed by atoms with Gasteiger partial charge < -0.3 is 25.0 Å². The zero-order chi connectivity index (χ0) is 19.0. The fraction of sp³-hybridized carbons (Fsp3) is 0.650. The number of nitrogens with zero attached hydrogens (tertiary/aromatic N) is 2. The summed E-state index contributed by atoms with van der Waals surface area (Å²) in [7, 11) is 6.08. The Morgan fingerprint density at radius 3 is 2.65 bits per heavy atom. The number of rotatable bonds is 7. The average molecular weight is 363 g/mol. The van der Waals surface area contributed by atoms with Crippen molar-refractivity contribution in [1.82, 2.24) is 15.5 Å². The Morgan fingerprint density at radius 1 is 1.31 bits per heavy atom. The van der Waals surface area contributed by atoms with Crippen LogP contribution in [0.25, 0.3) is 0 Å². The number of benzene rings is 1. The molecule has 0 radical (unpaired) electrons. The molecule has 1 saturated heterocycles. The molecule has 1 aromatic carbocycles. The van der Waals surface area contributed by atoms with E-state index in [0.717, 1.165) is 44.3 Å². The molecule has 0 amide bonds. The van der Waals surface area contributed by atoms with E-state index in [4.69, 9.17) is 9.47 Å². The number of aliphatic imine (C=N–C) groups is 1. The monoisotopic (exact) mass is 362 g/mol. The van der Waals surface area contributed by atoms with E-state index in [1.165, 1.54) is 5.56 Å². The Labute approximate surface area is 158 Å². The molecule has 6 nitrogen and oxygen atoms in total. The largest absolute Gasteiger partial charge is 0.489 e. The van der Waals surface area contributed by atoms with E-state index in [1.54, 1.807) is 7.05 Å². The Morgan fingerprint density at radius 2 is 2.04 bits per heavy atom. The van der Waals surface area contributed by atoms with Gasteiger partial charge >= 0.3 is 0 Å². The molecule has 0 saturated carbocycles. The summed E-state index contributed by atoms with van der Waals surface area (Å²) in [6.45, 7) is 7.28. The minimum Gasteiger partial charge on any atom is -0.489 e. The van der Waals surface area contributed by atoms with Crippen LogP contribution >= 0.6 is 0 Å². The predicted octanol–water partition coefficient (Wildman–Crippen LogP) is 2.04. The highest BCUT2D eigenvalue weighted by Crippen LogP contribution is 2.25. The molecular formula is C20H34N4O2. The lowest BCUT2D eigenvalue weighted by atomic mass is 9.88. The van der Waals surface area contributed by atoms with Crippen LogP contribution in [0.4, 0.5) is 0 Å². The van der Waals surface area contributed by atoms with Gasteiger partial charge in [-0.25, -0.2) is 0 Å². The second-order valence-corrected chi connectivity index (χ2v) is 7.28. The molecule has 1 aliphatic rings. The van der Waals surface area contributed by atoms with Gasteiger partial charge in [0, 0.05) is 32.3 Å². The van der Waals surface area contributed by atoms with Gasteiger partial charge in [0.25, 0.3) is 0 Å². The number of likely N-dealkylation sites (N-methyl/N-ethyl adjacent to an activating group) is 1. The topological polar surface area (TPSA) is 58.1 Å². The van der Waals surface area contributed by atoms with Crippen LogP contribution in [0.3, 0.4) is 0 Å². The standard InChI is InChI=1S/C20H34N4O2/c1-16-7-6-8-18(13-16)26-17(2)14-22-19(21-3)23-15-20(24(4)5)9-11-25-12-10-20/h6-8,13,17H,9-12,14-15H2,1-5H3,(H2,21,22,23). The zero-order valence-electron chi connectivity index (χ0n) is 16.8. The van der Waals surface area contributed by atoms with Crippen LogP contribution in [0.1, 0.15) is 25.3 Å². The van der Waals surface area contributed by atoms with Gasteiger partial charge in [-0.15, -0.1) is 0 Å². The molecule has 2 rings (SSSR count). The molecule has 1 aromatic rings. The fourth-order valence-corrected chi connectivity index (χ4v) is 3.21. The highest BCUT2D eigenvalue weighted by molar-refractivity contribution is 5.79. The predicted molar refractivity (Wildman–Crippen MR) is 107 cm³/mol. The van der Waals surface area contributed by atoms with Crippen molar-refractivity contribution in [3.63, 3.8) is 0 Å². The molecule has 1 aliphatic heterocycles. The minimum atomic E-state index is 0.0428. The van der Waals surface area contributed by atoms with Crippen LogP contribution in [0.15, 0.2) is 29.3 Å². The van der Waals surface area contributed by atoms with Crippen molar-refractivity contribution in [2.24, 2.45) is 4.99 Å². The highest BCUT2D eigenvalue weighted by atomic mass is 16.5. The third-order valence-electron chi connectivity index (χ3n) is 5.06. The van der Waals surface area contributed by atoms with E-state index < -0.39 is 0 Å². The van der Waals surface area contributed by atoms with Crippen molar-refractivity contribution in [3.8, 4) is 5.75 Å². The lowest BCUT2D eigenvalue weighted by Gasteiger charge is -2.43. The van der Waals surface area contributed by atoms with Crippen LogP contribution in [0.2, 0.25) is 0 Å². The SMILES string of the molecule is CN=C(NCC(C)Oc1cccc(C)c1)NCC1(N(C)C)CCOCC1. The lowest BCUT2D eigenvalue weighted by molar-refractivity contribution is -0.00502. The van der Waals surface area contributed by atoms with Crippen LogP contribution in [-0.2, 0) is 4.74 Å². The maximum atomic E-state index is 5.97. The summed E-state index contributed by atoms with van der Waals surface area (Å²) in [5, 5.41) is 6.84. The summed E-state index contributed by atoms with van der Waals surface area (Å²) in [4.78, 5) is 6.65. The summed E-state index contributed by atoms with van der Waals surface area (Å²) >= 11 is 0. The van der Waals surface area contributed by atoms with Gasteiger partial charge in [-0.2, -0.15) is 0 Å². The summed E-state index contributed by atoms with van der Waals surface area (Å²) < 4.78 is 11.5. The first kappa shape index (κ1) is 20.5. The molecular weight excluding hydrogens is 328 g/mol. The third-order valence-corrected chi connectivity index (χ3v) is 5.06. The molecule has 26 heavy (non-hydrogen) atoms. The Balaban J connectivity index is 1.81. The van der Waals surface area contributed by atoms with E-state index in [2.05, 4.69) is 60.6 Å². The number of hydrogen-bond donors (Lipinski definition) is 2. The molecule has 1 heterocycles. The summed E-state index contributed by atoms with van der Waals surface area (Å²) in [6, 6.07) is 8.12. The quantitative estimate of drug-likeness (QED) is 0.574. The van der Waals surface area contributed by atoms with Crippen LogP contribution in [-0.4, -0.2) is 69.9 Å². The summed E-state index contributed by atoms with van der Waals surface area (Å²) in [6.07, 6.45) is 2.09. The molecule has 6 heteroatoms.